The van der Waals surface area contributed by atoms with Crippen LogP contribution in [0.4, 0.5) is 5.13 Å². The van der Waals surface area contributed by atoms with Gasteiger partial charge < -0.3 is 5.32 Å². The monoisotopic (exact) mass is 275 g/mol. The second-order valence-electron chi connectivity index (χ2n) is 5.08. The number of nitrogens with one attached hydrogen (secondary N) is 1. The number of halogens is 1. The Balaban J connectivity index is 2.37. The van der Waals surface area contributed by atoms with Gasteiger partial charge in [0.15, 0.2) is 0 Å². The molecule has 0 bridgehead atoms. The topological polar surface area (TPSA) is 37.8 Å². The zero-order valence-electron chi connectivity index (χ0n) is 10.9. The van der Waals surface area contributed by atoms with Gasteiger partial charge in [-0.1, -0.05) is 20.8 Å². The fraction of sp³-hybridized carbons (Fsp3) is 0.833. The van der Waals surface area contributed by atoms with E-state index in [1.165, 1.54) is 11.5 Å². The third-order valence-corrected chi connectivity index (χ3v) is 3.62. The van der Waals surface area contributed by atoms with Gasteiger partial charge in [0.25, 0.3) is 0 Å². The zero-order chi connectivity index (χ0) is 12.7. The lowest BCUT2D eigenvalue weighted by molar-refractivity contribution is 0.355. The first-order chi connectivity index (χ1) is 8.07. The van der Waals surface area contributed by atoms with E-state index in [0.29, 0.717) is 0 Å². The van der Waals surface area contributed by atoms with Crippen LogP contribution in [0.2, 0.25) is 0 Å². The molecule has 0 unspecified atom stereocenters. The van der Waals surface area contributed by atoms with Crippen LogP contribution in [0, 0.1) is 5.41 Å². The van der Waals surface area contributed by atoms with Crippen LogP contribution in [0.5, 0.6) is 0 Å². The normalized spacial score (nSPS) is 11.8. The average molecular weight is 276 g/mol. The first-order valence-electron chi connectivity index (χ1n) is 6.20. The van der Waals surface area contributed by atoms with Crippen LogP contribution in [0.25, 0.3) is 0 Å². The summed E-state index contributed by atoms with van der Waals surface area (Å²) < 4.78 is 4.32. The number of aromatic nitrogens is 2. The van der Waals surface area contributed by atoms with Gasteiger partial charge in [-0.05, 0) is 24.7 Å². The fourth-order valence-electron chi connectivity index (χ4n) is 1.60. The largest absolute Gasteiger partial charge is 0.360 e. The van der Waals surface area contributed by atoms with Crippen molar-refractivity contribution in [3.05, 3.63) is 5.82 Å². The van der Waals surface area contributed by atoms with Crippen LogP contribution in [0.1, 0.15) is 45.9 Å². The molecule has 1 aromatic heterocycles. The molecule has 3 nitrogen and oxygen atoms in total. The third-order valence-electron chi connectivity index (χ3n) is 2.65. The third kappa shape index (κ3) is 5.68. The predicted molar refractivity (Wildman–Crippen MR) is 76.1 cm³/mol. The molecule has 1 aromatic rings. The van der Waals surface area contributed by atoms with Crippen LogP contribution in [-0.2, 0) is 6.42 Å². The predicted octanol–water partition coefficient (Wildman–Crippen LogP) is 3.95. The van der Waals surface area contributed by atoms with Crippen LogP contribution in [0.15, 0.2) is 0 Å². The lowest BCUT2D eigenvalue weighted by Crippen LogP contribution is -2.23. The summed E-state index contributed by atoms with van der Waals surface area (Å²) in [5.41, 5.74) is 0.255. The van der Waals surface area contributed by atoms with Crippen molar-refractivity contribution in [1.29, 1.82) is 0 Å². The maximum absolute atomic E-state index is 5.72. The number of nitrogens with zero attached hydrogens (tertiary/aromatic N) is 2. The summed E-state index contributed by atoms with van der Waals surface area (Å²) in [5.74, 6) is 1.70. The van der Waals surface area contributed by atoms with Crippen molar-refractivity contribution < 1.29 is 0 Å². The molecule has 0 aromatic carbocycles. The Morgan fingerprint density at radius 2 is 2.18 bits per heavy atom. The number of hydrogen-bond donors (Lipinski definition) is 1. The van der Waals surface area contributed by atoms with Gasteiger partial charge in [-0.25, -0.2) is 4.98 Å². The standard InChI is InChI=1S/C12H22ClN3S/c1-4-6-10-15-11(17-16-10)14-9-12(2,3)7-5-8-13/h4-9H2,1-3H3,(H,14,15,16). The van der Waals surface area contributed by atoms with Gasteiger partial charge in [-0.2, -0.15) is 4.37 Å². The summed E-state index contributed by atoms with van der Waals surface area (Å²) in [5, 5.41) is 4.31. The van der Waals surface area contributed by atoms with E-state index in [9.17, 15) is 0 Å². The number of aryl methyl sites for hydroxylation is 1. The number of hydrogen-bond acceptors (Lipinski definition) is 4. The van der Waals surface area contributed by atoms with E-state index in [0.717, 1.165) is 49.1 Å². The lowest BCUT2D eigenvalue weighted by Gasteiger charge is -2.24. The smallest absolute Gasteiger partial charge is 0.202 e. The minimum Gasteiger partial charge on any atom is -0.360 e. The summed E-state index contributed by atoms with van der Waals surface area (Å²) in [4.78, 5) is 4.45. The quantitative estimate of drug-likeness (QED) is 0.730. The number of anilines is 1. The molecule has 98 valence electrons. The van der Waals surface area contributed by atoms with Gasteiger partial charge in [-0.15, -0.1) is 11.6 Å². The Kier molecular flexibility index (Phi) is 6.20. The summed E-state index contributed by atoms with van der Waals surface area (Å²) in [6.45, 7) is 7.56. The minimum absolute atomic E-state index is 0.255. The summed E-state index contributed by atoms with van der Waals surface area (Å²) >= 11 is 7.18. The molecule has 17 heavy (non-hydrogen) atoms. The molecule has 0 aliphatic carbocycles. The Bertz CT molecular complexity index is 325. The number of alkyl halides is 1. The van der Waals surface area contributed by atoms with Crippen molar-refractivity contribution >= 4 is 28.3 Å². The summed E-state index contributed by atoms with van der Waals surface area (Å²) in [7, 11) is 0. The molecule has 1 N–H and O–H groups in total. The van der Waals surface area contributed by atoms with Crippen LogP contribution in [-0.4, -0.2) is 21.8 Å². The molecular weight excluding hydrogens is 254 g/mol. The summed E-state index contributed by atoms with van der Waals surface area (Å²) in [6, 6.07) is 0. The molecule has 1 heterocycles. The Labute approximate surface area is 113 Å². The highest BCUT2D eigenvalue weighted by Gasteiger charge is 2.17. The summed E-state index contributed by atoms with van der Waals surface area (Å²) in [6.07, 6.45) is 4.25. The van der Waals surface area contributed by atoms with E-state index in [2.05, 4.69) is 35.4 Å². The average Bonchev–Trinajstić information content (AvgIpc) is 2.73. The molecule has 0 spiro atoms. The van der Waals surface area contributed by atoms with E-state index in [-0.39, 0.29) is 5.41 Å². The van der Waals surface area contributed by atoms with Crippen molar-refractivity contribution in [3.63, 3.8) is 0 Å². The van der Waals surface area contributed by atoms with E-state index >= 15 is 0 Å². The van der Waals surface area contributed by atoms with E-state index in [4.69, 9.17) is 11.6 Å². The molecule has 0 atom stereocenters. The second-order valence-corrected chi connectivity index (χ2v) is 6.21. The highest BCUT2D eigenvalue weighted by Crippen LogP contribution is 2.24. The molecule has 5 heteroatoms. The van der Waals surface area contributed by atoms with Gasteiger partial charge in [-0.3, -0.25) is 0 Å². The first kappa shape index (κ1) is 14.7. The van der Waals surface area contributed by atoms with Gasteiger partial charge in [0.1, 0.15) is 5.82 Å². The molecule has 0 amide bonds. The van der Waals surface area contributed by atoms with E-state index < -0.39 is 0 Å². The van der Waals surface area contributed by atoms with Crippen molar-refractivity contribution in [2.75, 3.05) is 17.7 Å². The molecule has 0 radical (unpaired) electrons. The molecule has 1 rings (SSSR count). The number of rotatable bonds is 8. The van der Waals surface area contributed by atoms with Crippen LogP contribution in [0.3, 0.4) is 0 Å². The molecule has 0 aliphatic heterocycles. The van der Waals surface area contributed by atoms with Crippen molar-refractivity contribution in [3.8, 4) is 0 Å². The SMILES string of the molecule is CCCc1nsc(NCC(C)(C)CCCCl)n1. The fourth-order valence-corrected chi connectivity index (χ4v) is 2.34. The molecule has 0 aliphatic rings. The second kappa shape index (κ2) is 7.17. The maximum Gasteiger partial charge on any atom is 0.202 e. The van der Waals surface area contributed by atoms with Gasteiger partial charge in [0.2, 0.25) is 5.13 Å². The van der Waals surface area contributed by atoms with Crippen LogP contribution < -0.4 is 5.32 Å². The zero-order valence-corrected chi connectivity index (χ0v) is 12.5. The molecule has 0 saturated heterocycles. The first-order valence-corrected chi connectivity index (χ1v) is 7.50. The van der Waals surface area contributed by atoms with Gasteiger partial charge in [0, 0.05) is 30.4 Å². The Hall–Kier alpha value is -0.350. The van der Waals surface area contributed by atoms with Gasteiger partial charge in [0.05, 0.1) is 0 Å². The molecule has 0 fully saturated rings. The Morgan fingerprint density at radius 3 is 2.82 bits per heavy atom. The van der Waals surface area contributed by atoms with Crippen molar-refractivity contribution in [2.45, 2.75) is 46.5 Å². The molecular formula is C12H22ClN3S. The Morgan fingerprint density at radius 1 is 1.41 bits per heavy atom. The van der Waals surface area contributed by atoms with Crippen LogP contribution >= 0.6 is 23.1 Å². The molecule has 0 saturated carbocycles. The highest BCUT2D eigenvalue weighted by molar-refractivity contribution is 7.09. The van der Waals surface area contributed by atoms with Crippen molar-refractivity contribution in [2.24, 2.45) is 5.41 Å². The van der Waals surface area contributed by atoms with E-state index in [1.807, 2.05) is 0 Å². The highest BCUT2D eigenvalue weighted by atomic mass is 35.5. The maximum atomic E-state index is 5.72. The lowest BCUT2D eigenvalue weighted by atomic mass is 9.88. The van der Waals surface area contributed by atoms with Crippen molar-refractivity contribution in [1.82, 2.24) is 9.36 Å². The van der Waals surface area contributed by atoms with Gasteiger partial charge >= 0.3 is 0 Å². The van der Waals surface area contributed by atoms with E-state index in [1.54, 1.807) is 0 Å². The minimum atomic E-state index is 0.255.